The molecule has 1 unspecified atom stereocenters. The van der Waals surface area contributed by atoms with Gasteiger partial charge in [0.2, 0.25) is 5.89 Å². The first kappa shape index (κ1) is 11.2. The quantitative estimate of drug-likeness (QED) is 0.719. The number of imidazole rings is 1. The molecule has 0 aliphatic rings. The van der Waals surface area contributed by atoms with Gasteiger partial charge in [-0.2, -0.15) is 0 Å². The van der Waals surface area contributed by atoms with Gasteiger partial charge in [0.1, 0.15) is 11.8 Å². The minimum absolute atomic E-state index is 0.0534. The number of fused-ring (bicyclic) bond motifs is 1. The molecule has 0 amide bonds. The summed E-state index contributed by atoms with van der Waals surface area (Å²) in [7, 11) is 0. The van der Waals surface area contributed by atoms with Crippen LogP contribution in [0, 0.1) is 11.7 Å². The lowest BCUT2D eigenvalue weighted by Crippen LogP contribution is -2.07. The fourth-order valence-electron chi connectivity index (χ4n) is 2.04. The van der Waals surface area contributed by atoms with E-state index in [0.29, 0.717) is 10.7 Å². The van der Waals surface area contributed by atoms with Crippen LogP contribution >= 0.6 is 12.2 Å². The number of aromatic amines is 1. The number of aromatic nitrogens is 4. The van der Waals surface area contributed by atoms with E-state index in [1.165, 1.54) is 0 Å². The second-order valence-corrected chi connectivity index (χ2v) is 4.56. The van der Waals surface area contributed by atoms with E-state index in [9.17, 15) is 0 Å². The summed E-state index contributed by atoms with van der Waals surface area (Å²) >= 11 is 5.35. The lowest BCUT2D eigenvalue weighted by molar-refractivity contribution is 0.417. The van der Waals surface area contributed by atoms with E-state index in [1.807, 2.05) is 24.5 Å². The van der Waals surface area contributed by atoms with Crippen LogP contribution in [0.15, 0.2) is 29.1 Å². The average Bonchev–Trinajstić information content (AvgIpc) is 2.91. The minimum Gasteiger partial charge on any atom is -0.444 e. The van der Waals surface area contributed by atoms with Crippen LogP contribution in [0.1, 0.15) is 24.6 Å². The summed E-state index contributed by atoms with van der Waals surface area (Å²) in [5.41, 5.74) is 1.91. The van der Waals surface area contributed by atoms with Gasteiger partial charge in [-0.1, -0.05) is 0 Å². The molecule has 3 aromatic heterocycles. The largest absolute Gasteiger partial charge is 0.444 e. The molecular formula is C12H12N4OS. The molecule has 92 valence electrons. The molecule has 3 aromatic rings. The van der Waals surface area contributed by atoms with Gasteiger partial charge in [-0.15, -0.1) is 0 Å². The number of nitrogens with zero attached hydrogens (tertiary/aromatic N) is 3. The number of H-pyrrole nitrogens is 1. The first-order chi connectivity index (χ1) is 8.66. The van der Waals surface area contributed by atoms with Crippen molar-refractivity contribution in [3.05, 3.63) is 41.1 Å². The normalized spacial score (nSPS) is 13.0. The molecule has 3 heterocycles. The van der Waals surface area contributed by atoms with Gasteiger partial charge < -0.3 is 14.0 Å². The van der Waals surface area contributed by atoms with E-state index in [-0.39, 0.29) is 6.04 Å². The van der Waals surface area contributed by atoms with E-state index in [1.54, 1.807) is 18.6 Å². The molecule has 0 saturated carbocycles. The van der Waals surface area contributed by atoms with Gasteiger partial charge in [-0.3, -0.25) is 4.98 Å². The Morgan fingerprint density at radius 2 is 2.28 bits per heavy atom. The highest BCUT2D eigenvalue weighted by Crippen LogP contribution is 2.23. The lowest BCUT2D eigenvalue weighted by Gasteiger charge is -2.10. The smallest absolute Gasteiger partial charge is 0.217 e. The van der Waals surface area contributed by atoms with Crippen molar-refractivity contribution < 1.29 is 4.42 Å². The third-order valence-corrected chi connectivity index (χ3v) is 3.20. The van der Waals surface area contributed by atoms with Crippen LogP contribution in [0.25, 0.3) is 11.0 Å². The molecule has 0 bridgehead atoms. The van der Waals surface area contributed by atoms with Crippen molar-refractivity contribution in [1.29, 1.82) is 0 Å². The molecule has 0 spiro atoms. The van der Waals surface area contributed by atoms with Crippen LogP contribution in [0.2, 0.25) is 0 Å². The van der Waals surface area contributed by atoms with Crippen molar-refractivity contribution >= 4 is 23.3 Å². The Labute approximate surface area is 108 Å². The second-order valence-electron chi connectivity index (χ2n) is 4.18. The average molecular weight is 260 g/mol. The molecule has 3 rings (SSSR count). The number of hydrogen-bond donors (Lipinski definition) is 1. The number of rotatable bonds is 2. The van der Waals surface area contributed by atoms with Crippen molar-refractivity contribution in [1.82, 2.24) is 19.5 Å². The van der Waals surface area contributed by atoms with E-state index in [2.05, 4.69) is 15.0 Å². The van der Waals surface area contributed by atoms with Crippen molar-refractivity contribution in [2.24, 2.45) is 0 Å². The Bertz CT molecular complexity index is 755. The summed E-state index contributed by atoms with van der Waals surface area (Å²) in [6.07, 6.45) is 5.22. The molecule has 0 aliphatic heterocycles. The summed E-state index contributed by atoms with van der Waals surface area (Å²) in [6, 6.07) is 1.87. The van der Waals surface area contributed by atoms with Crippen LogP contribution in [-0.4, -0.2) is 19.5 Å². The maximum absolute atomic E-state index is 5.57. The van der Waals surface area contributed by atoms with Crippen LogP contribution in [0.5, 0.6) is 0 Å². The van der Waals surface area contributed by atoms with E-state index in [4.69, 9.17) is 16.6 Å². The Balaban J connectivity index is 2.19. The third kappa shape index (κ3) is 1.65. The highest BCUT2D eigenvalue weighted by molar-refractivity contribution is 7.71. The topological polar surface area (TPSA) is 59.6 Å². The highest BCUT2D eigenvalue weighted by Gasteiger charge is 2.17. The van der Waals surface area contributed by atoms with Crippen molar-refractivity contribution in [3.8, 4) is 0 Å². The summed E-state index contributed by atoms with van der Waals surface area (Å²) in [4.78, 5) is 11.5. The van der Waals surface area contributed by atoms with E-state index >= 15 is 0 Å². The molecule has 0 aromatic carbocycles. The molecule has 18 heavy (non-hydrogen) atoms. The van der Waals surface area contributed by atoms with Gasteiger partial charge >= 0.3 is 0 Å². The highest BCUT2D eigenvalue weighted by atomic mass is 32.1. The molecule has 0 radical (unpaired) electrons. The van der Waals surface area contributed by atoms with Gasteiger partial charge in [0.05, 0.1) is 23.4 Å². The SMILES string of the molecule is Cc1cnc(C(C)n2c(=S)[nH]c3cnccc32)o1. The molecule has 0 fully saturated rings. The standard InChI is InChI=1S/C12H12N4OS/c1-7-5-14-11(17-7)8(2)16-10-3-4-13-6-9(10)15-12(16)18/h3-6,8H,1-2H3,(H,15,18). The molecule has 1 atom stereocenters. The van der Waals surface area contributed by atoms with Crippen molar-refractivity contribution in [2.75, 3.05) is 0 Å². The van der Waals surface area contributed by atoms with E-state index < -0.39 is 0 Å². The Morgan fingerprint density at radius 1 is 1.44 bits per heavy atom. The number of pyridine rings is 1. The van der Waals surface area contributed by atoms with Gasteiger partial charge in [-0.25, -0.2) is 4.98 Å². The summed E-state index contributed by atoms with van der Waals surface area (Å²) < 4.78 is 8.19. The number of nitrogens with one attached hydrogen (secondary N) is 1. The molecular weight excluding hydrogens is 248 g/mol. The maximum atomic E-state index is 5.57. The zero-order valence-electron chi connectivity index (χ0n) is 10.0. The van der Waals surface area contributed by atoms with Crippen molar-refractivity contribution in [3.63, 3.8) is 0 Å². The first-order valence-electron chi connectivity index (χ1n) is 5.63. The summed E-state index contributed by atoms with van der Waals surface area (Å²) in [5, 5.41) is 0. The zero-order valence-corrected chi connectivity index (χ0v) is 10.9. The van der Waals surface area contributed by atoms with Gasteiger partial charge in [0, 0.05) is 6.20 Å². The number of hydrogen-bond acceptors (Lipinski definition) is 4. The Morgan fingerprint density at radius 3 is 3.00 bits per heavy atom. The fourth-order valence-corrected chi connectivity index (χ4v) is 2.41. The van der Waals surface area contributed by atoms with Crippen molar-refractivity contribution in [2.45, 2.75) is 19.9 Å². The summed E-state index contributed by atoms with van der Waals surface area (Å²) in [6.45, 7) is 3.89. The lowest BCUT2D eigenvalue weighted by atomic mass is 10.3. The monoisotopic (exact) mass is 260 g/mol. The minimum atomic E-state index is -0.0534. The van der Waals surface area contributed by atoms with Gasteiger partial charge in [0.15, 0.2) is 4.77 Å². The predicted octanol–water partition coefficient (Wildman–Crippen LogP) is 3.00. The van der Waals surface area contributed by atoms with Crippen LogP contribution < -0.4 is 0 Å². The number of aryl methyl sites for hydroxylation is 1. The Hall–Kier alpha value is -1.95. The van der Waals surface area contributed by atoms with Crippen LogP contribution in [-0.2, 0) is 0 Å². The zero-order chi connectivity index (χ0) is 12.7. The fraction of sp³-hybridized carbons (Fsp3) is 0.250. The third-order valence-electron chi connectivity index (χ3n) is 2.90. The van der Waals surface area contributed by atoms with E-state index in [0.717, 1.165) is 16.8 Å². The molecule has 1 N–H and O–H groups in total. The van der Waals surface area contributed by atoms with Crippen LogP contribution in [0.4, 0.5) is 0 Å². The van der Waals surface area contributed by atoms with Gasteiger partial charge in [-0.05, 0) is 32.1 Å². The molecule has 0 saturated heterocycles. The molecule has 5 nitrogen and oxygen atoms in total. The van der Waals surface area contributed by atoms with Crippen LogP contribution in [0.3, 0.4) is 0 Å². The number of oxazole rings is 1. The first-order valence-corrected chi connectivity index (χ1v) is 6.04. The maximum Gasteiger partial charge on any atom is 0.217 e. The molecule has 6 heteroatoms. The second kappa shape index (κ2) is 4.06. The van der Waals surface area contributed by atoms with Gasteiger partial charge in [0.25, 0.3) is 0 Å². The summed E-state index contributed by atoms with van der Waals surface area (Å²) in [5.74, 6) is 1.45. The Kier molecular flexibility index (Phi) is 2.52. The predicted molar refractivity (Wildman–Crippen MR) is 70.0 cm³/mol. The molecule has 0 aliphatic carbocycles.